The molecule has 0 heterocycles. The zero-order valence-corrected chi connectivity index (χ0v) is 7.46. The third-order valence-corrected chi connectivity index (χ3v) is 2.60. The Morgan fingerprint density at radius 1 is 1.67 bits per heavy atom. The van der Waals surface area contributed by atoms with E-state index in [1.165, 1.54) is 6.42 Å². The van der Waals surface area contributed by atoms with Crippen molar-refractivity contribution in [3.05, 3.63) is 0 Å². The maximum absolute atomic E-state index is 3.08. The van der Waals surface area contributed by atoms with Gasteiger partial charge in [0.15, 0.2) is 0 Å². The largest absolute Gasteiger partial charge is 0.258 e. The zero-order valence-electron chi connectivity index (χ0n) is 6.64. The first-order valence-electron chi connectivity index (χ1n) is 3.19. The molecule has 9 heavy (non-hydrogen) atoms. The molecule has 0 radical (unpaired) electrons. The molecule has 0 rings (SSSR count). The van der Waals surface area contributed by atoms with E-state index in [1.807, 2.05) is 18.8 Å². The molecule has 1 atom stereocenters. The van der Waals surface area contributed by atoms with Gasteiger partial charge in [0, 0.05) is 7.05 Å². The Morgan fingerprint density at radius 2 is 2.22 bits per heavy atom. The third-order valence-electron chi connectivity index (χ3n) is 1.41. The van der Waals surface area contributed by atoms with Crippen molar-refractivity contribution in [2.45, 2.75) is 18.7 Å². The lowest BCUT2D eigenvalue weighted by molar-refractivity contribution is 0.238. The first-order chi connectivity index (χ1) is 4.26. The molecule has 0 aliphatic heterocycles. The average Bonchev–Trinajstić information content (AvgIpc) is 1.90. The van der Waals surface area contributed by atoms with Crippen LogP contribution in [0.25, 0.3) is 0 Å². The average molecular weight is 148 g/mol. The molecule has 0 aliphatic rings. The van der Waals surface area contributed by atoms with Crippen LogP contribution < -0.4 is 5.43 Å². The number of hydrazine groups is 1. The third kappa shape index (κ3) is 3.08. The van der Waals surface area contributed by atoms with E-state index in [4.69, 9.17) is 0 Å². The van der Waals surface area contributed by atoms with Crippen LogP contribution in [0.1, 0.15) is 13.3 Å². The van der Waals surface area contributed by atoms with Crippen molar-refractivity contribution in [1.82, 2.24) is 10.4 Å². The van der Waals surface area contributed by atoms with E-state index in [1.54, 1.807) is 0 Å². The van der Waals surface area contributed by atoms with Crippen molar-refractivity contribution >= 4 is 11.8 Å². The van der Waals surface area contributed by atoms with Crippen LogP contribution in [0.15, 0.2) is 0 Å². The number of nitrogens with zero attached hydrogens (tertiary/aromatic N) is 1. The highest BCUT2D eigenvalue weighted by Crippen LogP contribution is 2.11. The molecule has 0 spiro atoms. The summed E-state index contributed by atoms with van der Waals surface area (Å²) in [6.45, 7) is 2.19. The summed E-state index contributed by atoms with van der Waals surface area (Å²) in [5.41, 5.74) is 3.08. The maximum Gasteiger partial charge on any atom is 0.0687 e. The standard InChI is InChI=1S/C6H16N2S/c1-5-6(9-4)8(3)7-2/h6-7H,5H2,1-4H3/t6-/m1/s1. The van der Waals surface area contributed by atoms with Gasteiger partial charge in [-0.25, -0.2) is 5.01 Å². The zero-order chi connectivity index (χ0) is 7.28. The van der Waals surface area contributed by atoms with Gasteiger partial charge in [-0.15, -0.1) is 11.8 Å². The highest BCUT2D eigenvalue weighted by atomic mass is 32.2. The van der Waals surface area contributed by atoms with Gasteiger partial charge in [0.25, 0.3) is 0 Å². The van der Waals surface area contributed by atoms with Crippen molar-refractivity contribution in [3.8, 4) is 0 Å². The summed E-state index contributed by atoms with van der Waals surface area (Å²) >= 11 is 1.87. The molecule has 0 saturated heterocycles. The Hall–Kier alpha value is 0.270. The second-order valence-electron chi connectivity index (χ2n) is 1.93. The summed E-state index contributed by atoms with van der Waals surface area (Å²) in [6, 6.07) is 0. The predicted octanol–water partition coefficient (Wildman–Crippen LogP) is 1.15. The Morgan fingerprint density at radius 3 is 2.33 bits per heavy atom. The molecule has 2 nitrogen and oxygen atoms in total. The number of hydrogen-bond acceptors (Lipinski definition) is 3. The van der Waals surface area contributed by atoms with Gasteiger partial charge in [-0.05, 0) is 19.7 Å². The van der Waals surface area contributed by atoms with Crippen molar-refractivity contribution in [1.29, 1.82) is 0 Å². The van der Waals surface area contributed by atoms with E-state index in [0.29, 0.717) is 5.37 Å². The summed E-state index contributed by atoms with van der Waals surface area (Å²) in [5, 5.41) is 2.72. The normalized spacial score (nSPS) is 14.3. The lowest BCUT2D eigenvalue weighted by atomic mass is 10.5. The molecule has 0 unspecified atom stereocenters. The van der Waals surface area contributed by atoms with Crippen LogP contribution in [0.5, 0.6) is 0 Å². The Labute approximate surface area is 62.0 Å². The molecule has 0 fully saturated rings. The number of thioether (sulfide) groups is 1. The summed E-state index contributed by atoms with van der Waals surface area (Å²) < 4.78 is 0. The molecular formula is C6H16N2S. The van der Waals surface area contributed by atoms with Gasteiger partial charge in [-0.3, -0.25) is 5.43 Å². The lowest BCUT2D eigenvalue weighted by Gasteiger charge is -2.23. The summed E-state index contributed by atoms with van der Waals surface area (Å²) in [7, 11) is 4.00. The number of nitrogens with one attached hydrogen (secondary N) is 1. The Balaban J connectivity index is 3.50. The quantitative estimate of drug-likeness (QED) is 0.475. The fourth-order valence-corrected chi connectivity index (χ4v) is 1.50. The number of rotatable bonds is 4. The minimum atomic E-state index is 0.606. The van der Waals surface area contributed by atoms with Crippen LogP contribution in [0.2, 0.25) is 0 Å². The molecule has 0 aliphatic carbocycles. The smallest absolute Gasteiger partial charge is 0.0687 e. The molecule has 0 aromatic carbocycles. The van der Waals surface area contributed by atoms with Gasteiger partial charge in [0.1, 0.15) is 0 Å². The van der Waals surface area contributed by atoms with Gasteiger partial charge in [0.05, 0.1) is 5.37 Å². The highest BCUT2D eigenvalue weighted by Gasteiger charge is 2.06. The van der Waals surface area contributed by atoms with E-state index in [9.17, 15) is 0 Å². The van der Waals surface area contributed by atoms with Crippen LogP contribution >= 0.6 is 11.8 Å². The van der Waals surface area contributed by atoms with Crippen molar-refractivity contribution in [2.75, 3.05) is 20.4 Å². The van der Waals surface area contributed by atoms with Crippen molar-refractivity contribution < 1.29 is 0 Å². The molecule has 0 saturated carbocycles. The van der Waals surface area contributed by atoms with Gasteiger partial charge in [-0.2, -0.15) is 0 Å². The molecule has 0 bridgehead atoms. The second kappa shape index (κ2) is 5.09. The van der Waals surface area contributed by atoms with Gasteiger partial charge in [-0.1, -0.05) is 6.92 Å². The van der Waals surface area contributed by atoms with Crippen LogP contribution in [0.3, 0.4) is 0 Å². The molecule has 0 aromatic heterocycles. The van der Waals surface area contributed by atoms with E-state index in [2.05, 4.69) is 30.7 Å². The van der Waals surface area contributed by atoms with E-state index >= 15 is 0 Å². The molecule has 3 heteroatoms. The lowest BCUT2D eigenvalue weighted by Crippen LogP contribution is -2.37. The monoisotopic (exact) mass is 148 g/mol. The minimum Gasteiger partial charge on any atom is -0.258 e. The van der Waals surface area contributed by atoms with Gasteiger partial charge < -0.3 is 0 Å². The summed E-state index contributed by atoms with van der Waals surface area (Å²) in [5.74, 6) is 0. The van der Waals surface area contributed by atoms with Gasteiger partial charge >= 0.3 is 0 Å². The molecule has 0 aromatic rings. The van der Waals surface area contributed by atoms with E-state index < -0.39 is 0 Å². The summed E-state index contributed by atoms with van der Waals surface area (Å²) in [4.78, 5) is 0. The molecular weight excluding hydrogens is 132 g/mol. The molecule has 56 valence electrons. The Kier molecular flexibility index (Phi) is 5.24. The van der Waals surface area contributed by atoms with E-state index in [0.717, 1.165) is 0 Å². The SMILES string of the molecule is CC[C@@H](SC)N(C)NC. The van der Waals surface area contributed by atoms with Crippen LogP contribution in [-0.4, -0.2) is 30.7 Å². The van der Waals surface area contributed by atoms with Gasteiger partial charge in [0.2, 0.25) is 0 Å². The second-order valence-corrected chi connectivity index (χ2v) is 2.95. The van der Waals surface area contributed by atoms with Crippen molar-refractivity contribution in [3.63, 3.8) is 0 Å². The topological polar surface area (TPSA) is 15.3 Å². The fourth-order valence-electron chi connectivity index (χ4n) is 0.743. The molecule has 1 N–H and O–H groups in total. The Bertz CT molecular complexity index is 64.1. The maximum atomic E-state index is 3.08. The minimum absolute atomic E-state index is 0.606. The van der Waals surface area contributed by atoms with Crippen LogP contribution in [0, 0.1) is 0 Å². The molecule has 0 amide bonds. The van der Waals surface area contributed by atoms with Crippen LogP contribution in [0.4, 0.5) is 0 Å². The van der Waals surface area contributed by atoms with Crippen molar-refractivity contribution in [2.24, 2.45) is 0 Å². The first kappa shape index (κ1) is 9.27. The fraction of sp³-hybridized carbons (Fsp3) is 1.00. The summed E-state index contributed by atoms with van der Waals surface area (Å²) in [6.07, 6.45) is 3.31. The predicted molar refractivity (Wildman–Crippen MR) is 44.4 cm³/mol. The first-order valence-corrected chi connectivity index (χ1v) is 4.48. The highest BCUT2D eigenvalue weighted by molar-refractivity contribution is 7.99. The van der Waals surface area contributed by atoms with E-state index in [-0.39, 0.29) is 0 Å². The number of hydrogen-bond donors (Lipinski definition) is 1. The van der Waals surface area contributed by atoms with Crippen LogP contribution in [-0.2, 0) is 0 Å².